The highest BCUT2D eigenvalue weighted by Gasteiger charge is 2.37. The van der Waals surface area contributed by atoms with E-state index in [2.05, 4.69) is 0 Å². The second-order valence-corrected chi connectivity index (χ2v) is 5.26. The molecule has 4 nitrogen and oxygen atoms in total. The van der Waals surface area contributed by atoms with Gasteiger partial charge in [0.1, 0.15) is 11.6 Å². The molecule has 1 saturated heterocycles. The lowest BCUT2D eigenvalue weighted by atomic mass is 9.99. The summed E-state index contributed by atoms with van der Waals surface area (Å²) in [4.78, 5) is 13.1. The van der Waals surface area contributed by atoms with Gasteiger partial charge in [-0.15, -0.1) is 0 Å². The fourth-order valence-electron chi connectivity index (χ4n) is 2.71. The third-order valence-corrected chi connectivity index (χ3v) is 3.95. The van der Waals surface area contributed by atoms with E-state index in [4.69, 9.17) is 5.11 Å². The van der Waals surface area contributed by atoms with Crippen molar-refractivity contribution in [3.63, 3.8) is 0 Å². The Morgan fingerprint density at radius 3 is 2.68 bits per heavy atom. The molecule has 1 aliphatic heterocycles. The lowest BCUT2D eigenvalue weighted by Gasteiger charge is -2.25. The van der Waals surface area contributed by atoms with Gasteiger partial charge in [0.15, 0.2) is 0 Å². The number of rotatable bonds is 3. The Hall–Kier alpha value is -1.62. The van der Waals surface area contributed by atoms with Gasteiger partial charge in [-0.1, -0.05) is 13.0 Å². The quantitative estimate of drug-likeness (QED) is 0.881. The van der Waals surface area contributed by atoms with Gasteiger partial charge < -0.3 is 10.2 Å². The van der Waals surface area contributed by atoms with E-state index in [0.29, 0.717) is 18.7 Å². The summed E-state index contributed by atoms with van der Waals surface area (Å²) in [5.74, 6) is -1.66. The van der Waals surface area contributed by atoms with Crippen LogP contribution in [0.4, 0.5) is 4.39 Å². The van der Waals surface area contributed by atoms with E-state index in [1.807, 2.05) is 18.7 Å². The summed E-state index contributed by atoms with van der Waals surface area (Å²) in [6.07, 6.45) is 0. The fraction of sp³-hybridized carbons (Fsp3) is 0.500. The van der Waals surface area contributed by atoms with Crippen molar-refractivity contribution < 1.29 is 19.4 Å². The normalized spacial score (nSPS) is 25.4. The number of phenolic OH excluding ortho intramolecular Hbond substituents is 1. The van der Waals surface area contributed by atoms with Crippen molar-refractivity contribution in [1.82, 2.24) is 4.90 Å². The molecule has 1 aromatic carbocycles. The molecule has 2 rings (SSSR count). The van der Waals surface area contributed by atoms with Crippen LogP contribution in [-0.2, 0) is 4.79 Å². The van der Waals surface area contributed by atoms with Crippen LogP contribution in [0.1, 0.15) is 25.5 Å². The van der Waals surface area contributed by atoms with Crippen LogP contribution in [0.25, 0.3) is 0 Å². The number of aromatic hydroxyl groups is 1. The topological polar surface area (TPSA) is 60.8 Å². The molecule has 1 aliphatic rings. The van der Waals surface area contributed by atoms with E-state index in [-0.39, 0.29) is 23.6 Å². The number of likely N-dealkylation sites (tertiary alicyclic amines) is 1. The number of carbonyl (C=O) groups is 1. The number of aliphatic carboxylic acids is 1. The Kier molecular flexibility index (Phi) is 3.75. The molecule has 0 aliphatic carbocycles. The molecule has 3 atom stereocenters. The van der Waals surface area contributed by atoms with E-state index < -0.39 is 11.8 Å². The summed E-state index contributed by atoms with van der Waals surface area (Å²) >= 11 is 0. The molecule has 0 bridgehead atoms. The first kappa shape index (κ1) is 13.8. The first-order valence-corrected chi connectivity index (χ1v) is 6.35. The van der Waals surface area contributed by atoms with Crippen LogP contribution >= 0.6 is 0 Å². The van der Waals surface area contributed by atoms with Crippen molar-refractivity contribution in [2.45, 2.75) is 19.9 Å². The summed E-state index contributed by atoms with van der Waals surface area (Å²) in [5.41, 5.74) is 0.625. The van der Waals surface area contributed by atoms with Crippen molar-refractivity contribution in [3.8, 4) is 5.75 Å². The first-order chi connectivity index (χ1) is 8.90. The zero-order valence-corrected chi connectivity index (χ0v) is 11.0. The van der Waals surface area contributed by atoms with Gasteiger partial charge in [0.25, 0.3) is 0 Å². The summed E-state index contributed by atoms with van der Waals surface area (Å²) in [6, 6.07) is 3.81. The maximum atomic E-state index is 13.0. The molecule has 104 valence electrons. The number of hydrogen-bond acceptors (Lipinski definition) is 3. The molecule has 0 amide bonds. The van der Waals surface area contributed by atoms with Gasteiger partial charge in [-0.3, -0.25) is 9.69 Å². The van der Waals surface area contributed by atoms with Crippen LogP contribution in [0.2, 0.25) is 0 Å². The lowest BCUT2D eigenvalue weighted by molar-refractivity contribution is -0.142. The van der Waals surface area contributed by atoms with Crippen molar-refractivity contribution in [1.29, 1.82) is 0 Å². The highest BCUT2D eigenvalue weighted by Crippen LogP contribution is 2.34. The van der Waals surface area contributed by atoms with Gasteiger partial charge in [-0.05, 0) is 18.9 Å². The van der Waals surface area contributed by atoms with Gasteiger partial charge in [0.05, 0.1) is 5.92 Å². The van der Waals surface area contributed by atoms with Crippen molar-refractivity contribution in [2.24, 2.45) is 11.8 Å². The third kappa shape index (κ3) is 2.71. The maximum Gasteiger partial charge on any atom is 0.308 e. The van der Waals surface area contributed by atoms with E-state index in [1.54, 1.807) is 6.07 Å². The van der Waals surface area contributed by atoms with Gasteiger partial charge in [-0.25, -0.2) is 4.39 Å². The van der Waals surface area contributed by atoms with E-state index in [9.17, 15) is 14.3 Å². The second-order valence-electron chi connectivity index (χ2n) is 5.26. The predicted molar refractivity (Wildman–Crippen MR) is 68.3 cm³/mol. The smallest absolute Gasteiger partial charge is 0.308 e. The summed E-state index contributed by atoms with van der Waals surface area (Å²) < 4.78 is 13.0. The molecule has 0 saturated carbocycles. The Labute approximate surface area is 111 Å². The van der Waals surface area contributed by atoms with Crippen molar-refractivity contribution in [3.05, 3.63) is 29.6 Å². The summed E-state index contributed by atoms with van der Waals surface area (Å²) in [6.45, 7) is 4.92. The Balaban J connectivity index is 2.17. The number of phenols is 1. The number of carboxylic acid groups (broad SMARTS) is 1. The molecule has 1 heterocycles. The minimum absolute atomic E-state index is 0.0718. The summed E-state index contributed by atoms with van der Waals surface area (Å²) in [5, 5.41) is 18.9. The molecule has 19 heavy (non-hydrogen) atoms. The SMILES string of the molecule is CC1CN(C(C)c2ccc(F)cc2O)CC1C(=O)O. The largest absolute Gasteiger partial charge is 0.508 e. The van der Waals surface area contributed by atoms with Gasteiger partial charge >= 0.3 is 5.97 Å². The van der Waals surface area contributed by atoms with Crippen molar-refractivity contribution >= 4 is 5.97 Å². The number of nitrogens with zero attached hydrogens (tertiary/aromatic N) is 1. The van der Waals surface area contributed by atoms with Crippen LogP contribution in [-0.4, -0.2) is 34.2 Å². The third-order valence-electron chi connectivity index (χ3n) is 3.95. The first-order valence-electron chi connectivity index (χ1n) is 6.35. The molecule has 0 aromatic heterocycles. The van der Waals surface area contributed by atoms with Gasteiger partial charge in [-0.2, -0.15) is 0 Å². The molecular weight excluding hydrogens is 249 g/mol. The zero-order chi connectivity index (χ0) is 14.2. The Morgan fingerprint density at radius 2 is 2.16 bits per heavy atom. The molecule has 1 fully saturated rings. The van der Waals surface area contributed by atoms with Crippen LogP contribution in [0, 0.1) is 17.7 Å². The highest BCUT2D eigenvalue weighted by molar-refractivity contribution is 5.71. The minimum atomic E-state index is -0.787. The van der Waals surface area contributed by atoms with Crippen LogP contribution < -0.4 is 0 Å². The average Bonchev–Trinajstić information content (AvgIpc) is 2.70. The van der Waals surface area contributed by atoms with Gasteiger partial charge in [0, 0.05) is 30.8 Å². The number of halogens is 1. The molecule has 0 radical (unpaired) electrons. The number of benzene rings is 1. The molecule has 3 unspecified atom stereocenters. The average molecular weight is 267 g/mol. The Morgan fingerprint density at radius 1 is 1.47 bits per heavy atom. The van der Waals surface area contributed by atoms with E-state index >= 15 is 0 Å². The monoisotopic (exact) mass is 267 g/mol. The fourth-order valence-corrected chi connectivity index (χ4v) is 2.71. The van der Waals surface area contributed by atoms with E-state index in [0.717, 1.165) is 6.07 Å². The highest BCUT2D eigenvalue weighted by atomic mass is 19.1. The van der Waals surface area contributed by atoms with E-state index in [1.165, 1.54) is 6.07 Å². The molecule has 5 heteroatoms. The Bertz CT molecular complexity index is 492. The molecular formula is C14H18FNO3. The standard InChI is InChI=1S/C14H18FNO3/c1-8-6-16(7-12(8)14(18)19)9(2)11-4-3-10(15)5-13(11)17/h3-5,8-9,12,17H,6-7H2,1-2H3,(H,18,19). The molecule has 1 aromatic rings. The summed E-state index contributed by atoms with van der Waals surface area (Å²) in [7, 11) is 0. The predicted octanol–water partition coefficient (Wildman–Crippen LogP) is 2.24. The van der Waals surface area contributed by atoms with Crippen LogP contribution in [0.15, 0.2) is 18.2 Å². The number of hydrogen-bond donors (Lipinski definition) is 2. The van der Waals surface area contributed by atoms with Gasteiger partial charge in [0.2, 0.25) is 0 Å². The van der Waals surface area contributed by atoms with Crippen LogP contribution in [0.3, 0.4) is 0 Å². The van der Waals surface area contributed by atoms with Crippen molar-refractivity contribution in [2.75, 3.05) is 13.1 Å². The minimum Gasteiger partial charge on any atom is -0.508 e. The molecule has 2 N–H and O–H groups in total. The molecule has 0 spiro atoms. The number of carboxylic acids is 1. The second kappa shape index (κ2) is 5.17. The maximum absolute atomic E-state index is 13.0. The lowest BCUT2D eigenvalue weighted by Crippen LogP contribution is -2.26. The zero-order valence-electron chi connectivity index (χ0n) is 11.0. The van der Waals surface area contributed by atoms with Crippen LogP contribution in [0.5, 0.6) is 5.75 Å².